The van der Waals surface area contributed by atoms with Gasteiger partial charge in [0.1, 0.15) is 0 Å². The first kappa shape index (κ1) is 29.7. The van der Waals surface area contributed by atoms with E-state index >= 15 is 0 Å². The Bertz CT molecular complexity index is 547. The fourth-order valence-corrected chi connectivity index (χ4v) is 23.4. The number of nitrogens with one attached hydrogen (secondary N) is 6. The highest BCUT2D eigenvalue weighted by molar-refractivity contribution is 8.62. The number of rotatable bonds is 15. The molecular weight excluding hydrogens is 545 g/mol. The van der Waals surface area contributed by atoms with E-state index in [1.165, 1.54) is 0 Å². The van der Waals surface area contributed by atoms with Crippen LogP contribution >= 0.6 is 81.1 Å². The molecule has 0 radical (unpaired) electrons. The SMILES string of the molecule is CSCC=N[P+]1(NCCSC)N[P+](NCCSC)(NCCSC)N[P+]2(N1)SCCN2C. The highest BCUT2D eigenvalue weighted by Crippen LogP contribution is 2.83. The smallest absolute Gasteiger partial charge is 0.164 e. The van der Waals surface area contributed by atoms with Crippen LogP contribution in [0.2, 0.25) is 0 Å². The normalized spacial score (nSPS) is 28.8. The summed E-state index contributed by atoms with van der Waals surface area (Å²) in [5.74, 6) is 5.29. The molecule has 182 valence electrons. The lowest BCUT2D eigenvalue weighted by Crippen LogP contribution is -2.56. The molecule has 0 aromatic heterocycles. The Hall–Kier alpha value is 2.43. The summed E-state index contributed by atoms with van der Waals surface area (Å²) in [6, 6.07) is 0. The van der Waals surface area contributed by atoms with Crippen molar-refractivity contribution in [3.8, 4) is 0 Å². The predicted molar refractivity (Wildman–Crippen MR) is 161 cm³/mol. The second-order valence-electron chi connectivity index (χ2n) is 6.85. The lowest BCUT2D eigenvalue weighted by molar-refractivity contribution is 0.584. The van der Waals surface area contributed by atoms with E-state index < -0.39 is 22.6 Å². The number of nitrogens with zero attached hydrogens (tertiary/aromatic N) is 2. The first-order valence-corrected chi connectivity index (χ1v) is 22.6. The molecule has 0 aromatic carbocycles. The maximum absolute atomic E-state index is 5.19. The van der Waals surface area contributed by atoms with Gasteiger partial charge in [0, 0.05) is 64.3 Å². The van der Waals surface area contributed by atoms with Crippen molar-refractivity contribution >= 4 is 87.3 Å². The van der Waals surface area contributed by atoms with Gasteiger partial charge in [-0.05, 0) is 25.0 Å². The molecule has 8 nitrogen and oxygen atoms in total. The summed E-state index contributed by atoms with van der Waals surface area (Å²) < 4.78 is 7.70. The molecule has 2 fully saturated rings. The zero-order valence-corrected chi connectivity index (χ0v) is 26.0. The minimum atomic E-state index is -2.19. The third-order valence-corrected chi connectivity index (χ3v) is 22.2. The maximum atomic E-state index is 5.19. The molecule has 0 amide bonds. The van der Waals surface area contributed by atoms with Crippen LogP contribution in [0.25, 0.3) is 0 Å². The molecule has 1 spiro atoms. The van der Waals surface area contributed by atoms with Crippen LogP contribution in [-0.4, -0.2) is 97.9 Å². The molecule has 2 unspecified atom stereocenters. The maximum Gasteiger partial charge on any atom is 0.420 e. The minimum absolute atomic E-state index is 0.919. The monoisotopic (exact) mass is 585 g/mol. The number of thioether (sulfide) groups is 4. The molecule has 16 heteroatoms. The van der Waals surface area contributed by atoms with Crippen molar-refractivity contribution in [2.24, 2.45) is 4.76 Å². The topological polar surface area (TPSA) is 87.8 Å². The van der Waals surface area contributed by atoms with Gasteiger partial charge in [-0.25, -0.2) is 0 Å². The Balaban J connectivity index is 2.40. The van der Waals surface area contributed by atoms with Gasteiger partial charge in [-0.2, -0.15) is 47.0 Å². The first-order valence-electron chi connectivity index (χ1n) is 10.2. The number of hydrogen-bond acceptors (Lipinski definition) is 13. The number of hydrogen-bond donors (Lipinski definition) is 6. The molecule has 31 heavy (non-hydrogen) atoms. The molecule has 2 saturated heterocycles. The fraction of sp³-hybridized carbons (Fsp3) is 0.933. The molecule has 2 atom stereocenters. The van der Waals surface area contributed by atoms with E-state index in [0.29, 0.717) is 0 Å². The van der Waals surface area contributed by atoms with Crippen LogP contribution in [0, 0.1) is 0 Å². The van der Waals surface area contributed by atoms with E-state index in [4.69, 9.17) is 4.76 Å². The molecule has 0 aliphatic carbocycles. The van der Waals surface area contributed by atoms with E-state index in [9.17, 15) is 0 Å². The van der Waals surface area contributed by atoms with E-state index in [0.717, 1.165) is 54.9 Å². The van der Waals surface area contributed by atoms with E-state index in [1.54, 1.807) is 11.8 Å². The summed E-state index contributed by atoms with van der Waals surface area (Å²) in [5.41, 5.74) is 0. The van der Waals surface area contributed by atoms with Crippen LogP contribution in [0.5, 0.6) is 0 Å². The summed E-state index contributed by atoms with van der Waals surface area (Å²) in [7, 11) is -2.01. The van der Waals surface area contributed by atoms with Crippen molar-refractivity contribution in [1.29, 1.82) is 0 Å². The quantitative estimate of drug-likeness (QED) is 0.0961. The Labute approximate surface area is 212 Å². The average Bonchev–Trinajstić information content (AvgIpc) is 3.07. The zero-order chi connectivity index (χ0) is 22.6. The summed E-state index contributed by atoms with van der Waals surface area (Å²) in [6.07, 6.45) is 10.7. The first-order chi connectivity index (χ1) is 15.0. The van der Waals surface area contributed by atoms with Crippen molar-refractivity contribution in [1.82, 2.24) is 34.5 Å². The summed E-state index contributed by atoms with van der Waals surface area (Å²) in [5, 5.41) is 11.7. The van der Waals surface area contributed by atoms with Crippen molar-refractivity contribution in [2.75, 3.05) is 87.0 Å². The highest BCUT2D eigenvalue weighted by Gasteiger charge is 2.75. The molecule has 2 aliphatic rings. The van der Waals surface area contributed by atoms with Gasteiger partial charge in [0.15, 0.2) is 0 Å². The third-order valence-electron chi connectivity index (χ3n) is 4.49. The van der Waals surface area contributed by atoms with Gasteiger partial charge in [0.25, 0.3) is 0 Å². The van der Waals surface area contributed by atoms with E-state index in [1.807, 2.05) is 35.3 Å². The summed E-state index contributed by atoms with van der Waals surface area (Å²) in [4.78, 5) is 12.1. The standard InChI is InChI=1S/C15H40N8P3S5/c1-23-10-15-31-26(23)21-24(16-6-11-27-2,17-7-12-28-3)20-25(22-26,18-8-13-29-4)19-9-14-30-5/h6,17-22H,7-15H2,1-5H3/q+3. The van der Waals surface area contributed by atoms with Gasteiger partial charge in [0.05, 0.1) is 29.9 Å². The third kappa shape index (κ3) is 9.10. The molecule has 0 saturated carbocycles. The molecular formula is C15H40N8P3S5+3. The summed E-state index contributed by atoms with van der Waals surface area (Å²) in [6.45, 7) is 2.11. The van der Waals surface area contributed by atoms with Crippen molar-refractivity contribution in [2.45, 2.75) is 0 Å². The molecule has 0 aromatic rings. The van der Waals surface area contributed by atoms with Gasteiger partial charge < -0.3 is 0 Å². The van der Waals surface area contributed by atoms with Crippen LogP contribution in [0.1, 0.15) is 0 Å². The van der Waals surface area contributed by atoms with Crippen molar-refractivity contribution < 1.29 is 0 Å². The van der Waals surface area contributed by atoms with E-state index in [-0.39, 0.29) is 0 Å². The molecule has 2 rings (SSSR count). The van der Waals surface area contributed by atoms with Crippen LogP contribution in [0.3, 0.4) is 0 Å². The van der Waals surface area contributed by atoms with Gasteiger partial charge in [-0.1, -0.05) is 4.76 Å². The van der Waals surface area contributed by atoms with Crippen molar-refractivity contribution in [3.63, 3.8) is 0 Å². The Kier molecular flexibility index (Phi) is 14.9. The lowest BCUT2D eigenvalue weighted by atomic mass is 10.8. The Morgan fingerprint density at radius 1 is 0.903 bits per heavy atom. The highest BCUT2D eigenvalue weighted by atomic mass is 32.7. The van der Waals surface area contributed by atoms with Gasteiger partial charge in [-0.3, -0.25) is 0 Å². The average molecular weight is 586 g/mol. The zero-order valence-electron chi connectivity index (χ0n) is 19.2. The Morgan fingerprint density at radius 2 is 1.52 bits per heavy atom. The largest absolute Gasteiger partial charge is 0.420 e. The minimum Gasteiger partial charge on any atom is -0.164 e. The van der Waals surface area contributed by atoms with Gasteiger partial charge in [0.2, 0.25) is 0 Å². The molecule has 0 bridgehead atoms. The molecule has 2 heterocycles. The van der Waals surface area contributed by atoms with Crippen LogP contribution in [0.4, 0.5) is 0 Å². The van der Waals surface area contributed by atoms with E-state index in [2.05, 4.69) is 84.2 Å². The second-order valence-corrected chi connectivity index (χ2v) is 21.8. The molecule has 6 N–H and O–H groups in total. The van der Waals surface area contributed by atoms with Crippen LogP contribution < -0.4 is 29.8 Å². The van der Waals surface area contributed by atoms with Gasteiger partial charge in [-0.15, -0.1) is 19.9 Å². The second kappa shape index (κ2) is 15.5. The Morgan fingerprint density at radius 3 is 2.03 bits per heavy atom. The molecule has 2 aliphatic heterocycles. The van der Waals surface area contributed by atoms with Gasteiger partial charge >= 0.3 is 22.6 Å². The van der Waals surface area contributed by atoms with Crippen LogP contribution in [0.15, 0.2) is 4.76 Å². The van der Waals surface area contributed by atoms with Crippen LogP contribution in [-0.2, 0) is 0 Å². The summed E-state index contributed by atoms with van der Waals surface area (Å²) >= 11 is 9.48. The predicted octanol–water partition coefficient (Wildman–Crippen LogP) is 3.77. The van der Waals surface area contributed by atoms with Crippen molar-refractivity contribution in [3.05, 3.63) is 0 Å². The lowest BCUT2D eigenvalue weighted by Gasteiger charge is -2.38. The fourth-order valence-electron chi connectivity index (χ4n) is 2.97.